The number of thioether (sulfide) groups is 1. The minimum absolute atomic E-state index is 0.00625. The van der Waals surface area contributed by atoms with Crippen LogP contribution in [0.4, 0.5) is 9.39 Å². The van der Waals surface area contributed by atoms with Crippen molar-refractivity contribution in [1.29, 1.82) is 0 Å². The van der Waals surface area contributed by atoms with Crippen LogP contribution in [0.1, 0.15) is 68.1 Å². The third kappa shape index (κ3) is 7.94. The van der Waals surface area contributed by atoms with Gasteiger partial charge in [0.05, 0.1) is 30.6 Å². The Morgan fingerprint density at radius 3 is 2.36 bits per heavy atom. The molecule has 0 fully saturated rings. The lowest BCUT2D eigenvalue weighted by Crippen LogP contribution is -2.25. The zero-order valence-electron chi connectivity index (χ0n) is 25.3. The minimum Gasteiger partial charge on any atom is -0.462 e. The number of hydrogen-bond acceptors (Lipinski definition) is 10. The van der Waals surface area contributed by atoms with Crippen molar-refractivity contribution in [3.63, 3.8) is 0 Å². The summed E-state index contributed by atoms with van der Waals surface area (Å²) in [5.41, 5.74) is 2.37. The molecule has 1 unspecified atom stereocenters. The number of halogens is 1. The van der Waals surface area contributed by atoms with Gasteiger partial charge in [-0.3, -0.25) is 14.2 Å². The van der Waals surface area contributed by atoms with Crippen LogP contribution < -0.4 is 10.6 Å². The number of anilines is 1. The molecule has 0 saturated heterocycles. The maximum absolute atomic E-state index is 13.8. The molecule has 2 N–H and O–H groups in total. The normalized spacial score (nSPS) is 11.5. The highest BCUT2D eigenvalue weighted by atomic mass is 32.2. The molecule has 1 atom stereocenters. The van der Waals surface area contributed by atoms with E-state index < -0.39 is 28.9 Å². The quantitative estimate of drug-likeness (QED) is 0.150. The van der Waals surface area contributed by atoms with Crippen LogP contribution in [0.5, 0.6) is 0 Å². The first-order valence-electron chi connectivity index (χ1n) is 14.0. The van der Waals surface area contributed by atoms with Gasteiger partial charge >= 0.3 is 11.9 Å². The van der Waals surface area contributed by atoms with Gasteiger partial charge in [-0.15, -0.1) is 21.5 Å². The zero-order valence-corrected chi connectivity index (χ0v) is 26.9. The number of aromatic nitrogens is 3. The SMILES string of the molecule is CCOC(=O)c1sc(NC(=O)C(C)Sc2nnc(CNC(=O)c3cccc(C)c3)n2-c2ccc(F)cc2)c(C(=O)OCC)c1C. The largest absolute Gasteiger partial charge is 0.462 e. The highest BCUT2D eigenvalue weighted by Gasteiger charge is 2.29. The van der Waals surface area contributed by atoms with Gasteiger partial charge in [0.15, 0.2) is 11.0 Å². The van der Waals surface area contributed by atoms with Crippen molar-refractivity contribution in [3.05, 3.63) is 87.3 Å². The van der Waals surface area contributed by atoms with E-state index in [0.29, 0.717) is 27.8 Å². The Kier molecular flexibility index (Phi) is 11.1. The summed E-state index contributed by atoms with van der Waals surface area (Å²) < 4.78 is 25.7. The van der Waals surface area contributed by atoms with Gasteiger partial charge in [0, 0.05) is 11.3 Å². The molecule has 0 radical (unpaired) electrons. The molecule has 0 aliphatic rings. The summed E-state index contributed by atoms with van der Waals surface area (Å²) in [5.74, 6) is -2.15. The van der Waals surface area contributed by atoms with Crippen LogP contribution in [0.25, 0.3) is 5.69 Å². The van der Waals surface area contributed by atoms with E-state index in [1.807, 2.05) is 13.0 Å². The van der Waals surface area contributed by atoms with Gasteiger partial charge in [0.1, 0.15) is 15.7 Å². The highest BCUT2D eigenvalue weighted by molar-refractivity contribution is 8.00. The monoisotopic (exact) mass is 653 g/mol. The first-order chi connectivity index (χ1) is 21.5. The summed E-state index contributed by atoms with van der Waals surface area (Å²) in [6, 6.07) is 12.8. The number of benzene rings is 2. The van der Waals surface area contributed by atoms with Crippen LogP contribution in [-0.2, 0) is 20.8 Å². The molecule has 2 aromatic heterocycles. The summed E-state index contributed by atoms with van der Waals surface area (Å²) in [5, 5.41) is 13.8. The Bertz CT molecular complexity index is 1720. The number of carbonyl (C=O) groups excluding carboxylic acids is 4. The van der Waals surface area contributed by atoms with Gasteiger partial charge in [-0.25, -0.2) is 14.0 Å². The van der Waals surface area contributed by atoms with Crippen molar-refractivity contribution in [3.8, 4) is 5.69 Å². The van der Waals surface area contributed by atoms with Crippen molar-refractivity contribution in [2.45, 2.75) is 51.6 Å². The van der Waals surface area contributed by atoms with Gasteiger partial charge in [-0.05, 0) is 76.6 Å². The fourth-order valence-corrected chi connectivity index (χ4v) is 6.23. The second kappa shape index (κ2) is 14.9. The molecular weight excluding hydrogens is 622 g/mol. The Morgan fingerprint density at radius 2 is 1.69 bits per heavy atom. The van der Waals surface area contributed by atoms with Crippen LogP contribution in [-0.4, -0.2) is 57.0 Å². The third-order valence-corrected chi connectivity index (χ3v) is 8.68. The molecule has 236 valence electrons. The zero-order chi connectivity index (χ0) is 32.7. The molecule has 0 saturated carbocycles. The summed E-state index contributed by atoms with van der Waals surface area (Å²) in [6.07, 6.45) is 0. The molecular formula is C31H32FN5O6S2. The number of thiophene rings is 1. The molecule has 0 bridgehead atoms. The number of ether oxygens (including phenoxy) is 2. The number of aryl methyl sites for hydroxylation is 1. The number of carbonyl (C=O) groups is 4. The van der Waals surface area contributed by atoms with Crippen molar-refractivity contribution < 1.29 is 33.0 Å². The fraction of sp³-hybridized carbons (Fsp3) is 0.290. The lowest BCUT2D eigenvalue weighted by atomic mass is 10.1. The Labute approximate surface area is 267 Å². The van der Waals surface area contributed by atoms with Gasteiger partial charge in [0.25, 0.3) is 5.91 Å². The first-order valence-corrected chi connectivity index (χ1v) is 15.7. The van der Waals surface area contributed by atoms with E-state index in [-0.39, 0.29) is 41.1 Å². The van der Waals surface area contributed by atoms with E-state index in [0.717, 1.165) is 28.7 Å². The number of esters is 2. The maximum Gasteiger partial charge on any atom is 0.348 e. The Hall–Kier alpha value is -4.56. The van der Waals surface area contributed by atoms with E-state index in [2.05, 4.69) is 20.8 Å². The standard InChI is InChI=1S/C31H32FN5O6S2/c1-6-42-29(40)24-18(4)25(30(41)43-7-2)45-28(24)34-26(38)19(5)44-31-36-35-23(37(31)22-13-11-21(32)12-14-22)16-33-27(39)20-10-8-9-17(3)15-20/h8-15,19H,6-7,16H2,1-5H3,(H,33,39)(H,34,38). The lowest BCUT2D eigenvalue weighted by molar-refractivity contribution is -0.115. The first kappa shape index (κ1) is 33.3. The molecule has 2 aromatic carbocycles. The predicted octanol–water partition coefficient (Wildman–Crippen LogP) is 5.49. The van der Waals surface area contributed by atoms with Gasteiger partial charge in [-0.1, -0.05) is 29.5 Å². The number of nitrogens with zero attached hydrogens (tertiary/aromatic N) is 3. The molecule has 2 heterocycles. The van der Waals surface area contributed by atoms with Crippen molar-refractivity contribution in [2.24, 2.45) is 0 Å². The summed E-state index contributed by atoms with van der Waals surface area (Å²) in [6.45, 7) is 8.70. The lowest BCUT2D eigenvalue weighted by Gasteiger charge is -2.14. The average molecular weight is 654 g/mol. The molecule has 11 nitrogen and oxygen atoms in total. The summed E-state index contributed by atoms with van der Waals surface area (Å²) >= 11 is 2.00. The highest BCUT2D eigenvalue weighted by Crippen LogP contribution is 2.35. The van der Waals surface area contributed by atoms with Crippen molar-refractivity contribution >= 4 is 51.9 Å². The summed E-state index contributed by atoms with van der Waals surface area (Å²) in [4.78, 5) is 51.7. The second-order valence-electron chi connectivity index (χ2n) is 9.71. The van der Waals surface area contributed by atoms with Crippen LogP contribution in [0.3, 0.4) is 0 Å². The Balaban J connectivity index is 1.58. The average Bonchev–Trinajstić information content (AvgIpc) is 3.56. The third-order valence-electron chi connectivity index (χ3n) is 6.45. The number of amides is 2. The van der Waals surface area contributed by atoms with Gasteiger partial charge in [-0.2, -0.15) is 0 Å². The van der Waals surface area contributed by atoms with Crippen LogP contribution in [0.2, 0.25) is 0 Å². The number of hydrogen-bond donors (Lipinski definition) is 2. The van der Waals surface area contributed by atoms with Gasteiger partial charge < -0.3 is 20.1 Å². The molecule has 45 heavy (non-hydrogen) atoms. The van der Waals surface area contributed by atoms with Crippen molar-refractivity contribution in [2.75, 3.05) is 18.5 Å². The molecule has 4 rings (SSSR count). The topological polar surface area (TPSA) is 142 Å². The minimum atomic E-state index is -0.772. The number of rotatable bonds is 12. The maximum atomic E-state index is 13.8. The second-order valence-corrected chi connectivity index (χ2v) is 12.0. The summed E-state index contributed by atoms with van der Waals surface area (Å²) in [7, 11) is 0. The van der Waals surface area contributed by atoms with E-state index >= 15 is 0 Å². The molecule has 0 aliphatic heterocycles. The molecule has 0 spiro atoms. The fourth-order valence-electron chi connectivity index (χ4n) is 4.26. The number of nitrogens with one attached hydrogen (secondary N) is 2. The van der Waals surface area contributed by atoms with Crippen LogP contribution >= 0.6 is 23.1 Å². The molecule has 14 heteroatoms. The van der Waals surface area contributed by atoms with E-state index in [1.165, 1.54) is 24.3 Å². The van der Waals surface area contributed by atoms with E-state index in [4.69, 9.17) is 9.47 Å². The Morgan fingerprint density at radius 1 is 1.00 bits per heavy atom. The molecule has 2 amide bonds. The molecule has 0 aliphatic carbocycles. The van der Waals surface area contributed by atoms with Crippen LogP contribution in [0, 0.1) is 19.7 Å². The van der Waals surface area contributed by atoms with E-state index in [9.17, 15) is 23.6 Å². The smallest absolute Gasteiger partial charge is 0.348 e. The van der Waals surface area contributed by atoms with Crippen molar-refractivity contribution in [1.82, 2.24) is 20.1 Å². The van der Waals surface area contributed by atoms with E-state index in [1.54, 1.807) is 50.5 Å². The van der Waals surface area contributed by atoms with Crippen LogP contribution in [0.15, 0.2) is 53.7 Å². The van der Waals surface area contributed by atoms with Gasteiger partial charge in [0.2, 0.25) is 5.91 Å². The molecule has 4 aromatic rings. The predicted molar refractivity (Wildman–Crippen MR) is 169 cm³/mol.